The summed E-state index contributed by atoms with van der Waals surface area (Å²) < 4.78 is 30.5. The van der Waals surface area contributed by atoms with Crippen molar-refractivity contribution in [1.82, 2.24) is 4.31 Å². The number of methoxy groups -OCH3 is 1. The highest BCUT2D eigenvalue weighted by molar-refractivity contribution is 7.89. The zero-order chi connectivity index (χ0) is 13.9. The molecule has 0 saturated heterocycles. The zero-order valence-electron chi connectivity index (χ0n) is 10.6. The van der Waals surface area contributed by atoms with Crippen LogP contribution in [0.4, 0.5) is 5.69 Å². The lowest BCUT2D eigenvalue weighted by atomic mass is 10.2. The Bertz CT molecular complexity index is 508. The van der Waals surface area contributed by atoms with Gasteiger partial charge in [-0.2, -0.15) is 4.31 Å². The van der Waals surface area contributed by atoms with Crippen molar-refractivity contribution in [2.75, 3.05) is 33.0 Å². The molecule has 0 aliphatic rings. The number of hydrogen-bond donors (Lipinski definition) is 1. The molecule has 0 unspecified atom stereocenters. The number of ether oxygens (including phenoxy) is 1. The van der Waals surface area contributed by atoms with Crippen LogP contribution in [-0.4, -0.2) is 40.0 Å². The van der Waals surface area contributed by atoms with Crippen LogP contribution in [-0.2, 0) is 14.8 Å². The molecule has 1 aromatic carbocycles. The number of sulfonamides is 1. The van der Waals surface area contributed by atoms with Gasteiger partial charge in [0.05, 0.1) is 22.2 Å². The highest BCUT2D eigenvalue weighted by Crippen LogP contribution is 2.27. The molecule has 5 nitrogen and oxygen atoms in total. The van der Waals surface area contributed by atoms with Gasteiger partial charge < -0.3 is 10.5 Å². The van der Waals surface area contributed by atoms with E-state index in [1.165, 1.54) is 30.6 Å². The number of anilines is 1. The number of nitrogens with zero attached hydrogens (tertiary/aromatic N) is 1. The molecule has 0 radical (unpaired) electrons. The second-order valence-corrected chi connectivity index (χ2v) is 6.39. The van der Waals surface area contributed by atoms with Crippen LogP contribution in [0.2, 0.25) is 5.02 Å². The summed E-state index contributed by atoms with van der Waals surface area (Å²) in [6, 6.07) is 2.88. The second-order valence-electron chi connectivity index (χ2n) is 3.96. The summed E-state index contributed by atoms with van der Waals surface area (Å²) in [5.74, 6) is 0. The van der Waals surface area contributed by atoms with Gasteiger partial charge >= 0.3 is 0 Å². The van der Waals surface area contributed by atoms with E-state index in [0.717, 1.165) is 0 Å². The largest absolute Gasteiger partial charge is 0.397 e. The van der Waals surface area contributed by atoms with E-state index in [1.807, 2.05) is 0 Å². The molecular weight excluding hydrogens is 276 g/mol. The van der Waals surface area contributed by atoms with Gasteiger partial charge in [-0.1, -0.05) is 11.6 Å². The molecule has 1 rings (SSSR count). The van der Waals surface area contributed by atoms with Crippen molar-refractivity contribution in [2.24, 2.45) is 0 Å². The number of aryl methyl sites for hydroxylation is 1. The van der Waals surface area contributed by atoms with Gasteiger partial charge in [0.25, 0.3) is 0 Å². The quantitative estimate of drug-likeness (QED) is 0.835. The van der Waals surface area contributed by atoms with Gasteiger partial charge in [0, 0.05) is 20.7 Å². The third-order valence-electron chi connectivity index (χ3n) is 2.57. The van der Waals surface area contributed by atoms with Crippen LogP contribution in [0.25, 0.3) is 0 Å². The van der Waals surface area contributed by atoms with Gasteiger partial charge in [0.2, 0.25) is 10.0 Å². The smallest absolute Gasteiger partial charge is 0.242 e. The molecule has 0 aliphatic heterocycles. The van der Waals surface area contributed by atoms with Crippen LogP contribution in [0, 0.1) is 6.92 Å². The van der Waals surface area contributed by atoms with Gasteiger partial charge in [0.15, 0.2) is 0 Å². The number of benzene rings is 1. The predicted octanol–water partition coefficient (Wildman–Crippen LogP) is 1.50. The predicted molar refractivity (Wildman–Crippen MR) is 72.3 cm³/mol. The van der Waals surface area contributed by atoms with E-state index >= 15 is 0 Å². The Morgan fingerprint density at radius 2 is 2.06 bits per heavy atom. The lowest BCUT2D eigenvalue weighted by Crippen LogP contribution is -2.30. The fourth-order valence-corrected chi connectivity index (χ4v) is 2.82. The van der Waals surface area contributed by atoms with Crippen molar-refractivity contribution >= 4 is 27.3 Å². The Labute approximate surface area is 113 Å². The monoisotopic (exact) mass is 292 g/mol. The maximum atomic E-state index is 12.2. The molecule has 0 fully saturated rings. The highest BCUT2D eigenvalue weighted by Gasteiger charge is 2.22. The number of rotatable bonds is 5. The molecule has 102 valence electrons. The first kappa shape index (κ1) is 15.2. The summed E-state index contributed by atoms with van der Waals surface area (Å²) in [4.78, 5) is 0.139. The molecule has 0 atom stereocenters. The van der Waals surface area contributed by atoms with E-state index in [-0.39, 0.29) is 17.1 Å². The van der Waals surface area contributed by atoms with E-state index in [1.54, 1.807) is 6.92 Å². The van der Waals surface area contributed by atoms with Gasteiger partial charge in [-0.05, 0) is 24.6 Å². The summed E-state index contributed by atoms with van der Waals surface area (Å²) in [6.07, 6.45) is 0. The van der Waals surface area contributed by atoms with Crippen LogP contribution < -0.4 is 5.73 Å². The molecule has 1 aromatic rings. The summed E-state index contributed by atoms with van der Waals surface area (Å²) in [5.41, 5.74) is 6.57. The normalized spacial score (nSPS) is 12.1. The van der Waals surface area contributed by atoms with Gasteiger partial charge in [-0.3, -0.25) is 0 Å². The van der Waals surface area contributed by atoms with E-state index in [0.29, 0.717) is 17.2 Å². The topological polar surface area (TPSA) is 72.6 Å². The zero-order valence-corrected chi connectivity index (χ0v) is 12.2. The Morgan fingerprint density at radius 1 is 1.44 bits per heavy atom. The number of likely N-dealkylation sites (N-methyl/N-ethyl adjacent to an activating group) is 1. The minimum atomic E-state index is -3.56. The van der Waals surface area contributed by atoms with E-state index in [9.17, 15) is 8.42 Å². The maximum Gasteiger partial charge on any atom is 0.242 e. The average Bonchev–Trinajstić information content (AvgIpc) is 2.32. The molecule has 0 aromatic heterocycles. The number of hydrogen-bond acceptors (Lipinski definition) is 4. The minimum Gasteiger partial charge on any atom is -0.397 e. The van der Waals surface area contributed by atoms with Gasteiger partial charge in [0.1, 0.15) is 0 Å². The standard InChI is InChI=1S/C11H17ClN2O3S/c1-8-6-9(7-10(13)11(8)12)18(15,16)14(2)4-5-17-3/h6-7H,4-5,13H2,1-3H3. The Kier molecular flexibility index (Phi) is 4.98. The number of nitrogens with two attached hydrogens (primary N) is 1. The van der Waals surface area contributed by atoms with Crippen molar-refractivity contribution < 1.29 is 13.2 Å². The van der Waals surface area contributed by atoms with Crippen LogP contribution >= 0.6 is 11.6 Å². The lowest BCUT2D eigenvalue weighted by Gasteiger charge is -2.17. The third kappa shape index (κ3) is 3.14. The Morgan fingerprint density at radius 3 is 2.56 bits per heavy atom. The average molecular weight is 293 g/mol. The highest BCUT2D eigenvalue weighted by atomic mass is 35.5. The molecule has 18 heavy (non-hydrogen) atoms. The first-order valence-corrected chi connectivity index (χ1v) is 7.13. The third-order valence-corrected chi connectivity index (χ3v) is 4.93. The molecule has 0 saturated carbocycles. The van der Waals surface area contributed by atoms with Crippen molar-refractivity contribution in [3.8, 4) is 0 Å². The van der Waals surface area contributed by atoms with Crippen LogP contribution in [0.5, 0.6) is 0 Å². The van der Waals surface area contributed by atoms with Gasteiger partial charge in [-0.15, -0.1) is 0 Å². The van der Waals surface area contributed by atoms with Crippen LogP contribution in [0.3, 0.4) is 0 Å². The minimum absolute atomic E-state index is 0.139. The summed E-state index contributed by atoms with van der Waals surface area (Å²) in [5, 5.41) is 0.383. The number of halogens is 1. The second kappa shape index (κ2) is 5.88. The fourth-order valence-electron chi connectivity index (χ4n) is 1.43. The van der Waals surface area contributed by atoms with Gasteiger partial charge in [-0.25, -0.2) is 8.42 Å². The molecule has 0 amide bonds. The first-order valence-electron chi connectivity index (χ1n) is 5.31. The van der Waals surface area contributed by atoms with Crippen LogP contribution in [0.15, 0.2) is 17.0 Å². The molecule has 0 spiro atoms. The van der Waals surface area contributed by atoms with E-state index in [4.69, 9.17) is 22.1 Å². The summed E-state index contributed by atoms with van der Waals surface area (Å²) in [6.45, 7) is 2.32. The first-order chi connectivity index (χ1) is 8.30. The molecule has 7 heteroatoms. The SMILES string of the molecule is COCCN(C)S(=O)(=O)c1cc(C)c(Cl)c(N)c1. The van der Waals surface area contributed by atoms with Crippen LogP contribution in [0.1, 0.15) is 5.56 Å². The van der Waals surface area contributed by atoms with Crippen molar-refractivity contribution in [3.63, 3.8) is 0 Å². The summed E-state index contributed by atoms with van der Waals surface area (Å²) >= 11 is 5.91. The molecule has 0 bridgehead atoms. The molecule has 0 heterocycles. The fraction of sp³-hybridized carbons (Fsp3) is 0.455. The van der Waals surface area contributed by atoms with Crippen molar-refractivity contribution in [2.45, 2.75) is 11.8 Å². The van der Waals surface area contributed by atoms with E-state index in [2.05, 4.69) is 0 Å². The Balaban J connectivity index is 3.13. The molecule has 0 aliphatic carbocycles. The van der Waals surface area contributed by atoms with Crippen molar-refractivity contribution in [1.29, 1.82) is 0 Å². The molecule has 2 N–H and O–H groups in total. The van der Waals surface area contributed by atoms with Crippen molar-refractivity contribution in [3.05, 3.63) is 22.7 Å². The molecular formula is C11H17ClN2O3S. The number of nitrogen functional groups attached to an aromatic ring is 1. The maximum absolute atomic E-state index is 12.2. The van der Waals surface area contributed by atoms with E-state index < -0.39 is 10.0 Å². The summed E-state index contributed by atoms with van der Waals surface area (Å²) in [7, 11) is -0.545. The lowest BCUT2D eigenvalue weighted by molar-refractivity contribution is 0.185. The Hall–Kier alpha value is -0.820.